The summed E-state index contributed by atoms with van der Waals surface area (Å²) in [4.78, 5) is 10.4. The molecule has 0 radical (unpaired) electrons. The number of pyridine rings is 1. The van der Waals surface area contributed by atoms with Crippen LogP contribution in [0.2, 0.25) is 0 Å². The van der Waals surface area contributed by atoms with E-state index in [2.05, 4.69) is 65.1 Å². The van der Waals surface area contributed by atoms with E-state index >= 15 is 0 Å². The van der Waals surface area contributed by atoms with Gasteiger partial charge in [0, 0.05) is 43.7 Å². The first-order chi connectivity index (χ1) is 14.0. The molecule has 0 bridgehead atoms. The van der Waals surface area contributed by atoms with Gasteiger partial charge in [0.25, 0.3) is 0 Å². The zero-order valence-corrected chi connectivity index (χ0v) is 18.8. The summed E-state index contributed by atoms with van der Waals surface area (Å²) in [6.07, 6.45) is 7.51. The molecule has 3 aromatic heterocycles. The summed E-state index contributed by atoms with van der Waals surface area (Å²) in [6.45, 7) is 5.33. The van der Waals surface area contributed by atoms with Gasteiger partial charge in [-0.05, 0) is 49.3 Å². The monoisotopic (exact) mass is 407 g/mol. The Bertz CT molecular complexity index is 1030. The summed E-state index contributed by atoms with van der Waals surface area (Å²) in [5.41, 5.74) is 6.29. The van der Waals surface area contributed by atoms with Gasteiger partial charge in [-0.25, -0.2) is 4.98 Å². The molecule has 1 aliphatic heterocycles. The Kier molecular flexibility index (Phi) is 5.46. The average molecular weight is 408 g/mol. The van der Waals surface area contributed by atoms with E-state index < -0.39 is 0 Å². The molecule has 6 heteroatoms. The van der Waals surface area contributed by atoms with Crippen molar-refractivity contribution in [3.63, 3.8) is 0 Å². The Hall–Kier alpha value is -2.60. The fourth-order valence-electron chi connectivity index (χ4n) is 4.10. The Labute approximate surface area is 177 Å². The lowest BCUT2D eigenvalue weighted by atomic mass is 9.98. The van der Waals surface area contributed by atoms with Crippen molar-refractivity contribution in [3.05, 3.63) is 57.6 Å². The lowest BCUT2D eigenvalue weighted by Gasteiger charge is -2.29. The van der Waals surface area contributed by atoms with Gasteiger partial charge in [-0.15, -0.1) is 11.3 Å². The van der Waals surface area contributed by atoms with Crippen LogP contribution in [0.4, 0.5) is 17.3 Å². The SMILES string of the molecule is CCC=C(c1cccs1)c1c2c(nn1C)N(c1cnc(N(C)C)cc1C)CCC2. The molecule has 29 heavy (non-hydrogen) atoms. The number of aromatic nitrogens is 3. The predicted molar refractivity (Wildman–Crippen MR) is 124 cm³/mol. The molecule has 0 N–H and O–H groups in total. The topological polar surface area (TPSA) is 37.2 Å². The Balaban J connectivity index is 1.81. The van der Waals surface area contributed by atoms with Crippen LogP contribution in [0.1, 0.15) is 41.5 Å². The molecule has 0 aromatic carbocycles. The van der Waals surface area contributed by atoms with Gasteiger partial charge in [0.2, 0.25) is 0 Å². The Morgan fingerprint density at radius 1 is 1.34 bits per heavy atom. The first kappa shape index (κ1) is 19.7. The quantitative estimate of drug-likeness (QED) is 0.584. The highest BCUT2D eigenvalue weighted by Crippen LogP contribution is 2.40. The largest absolute Gasteiger partial charge is 0.363 e. The van der Waals surface area contributed by atoms with Crippen LogP contribution >= 0.6 is 11.3 Å². The number of thiophene rings is 1. The number of aryl methyl sites for hydroxylation is 2. The summed E-state index contributed by atoms with van der Waals surface area (Å²) in [6, 6.07) is 6.49. The van der Waals surface area contributed by atoms with Crippen LogP contribution in [0.5, 0.6) is 0 Å². The summed E-state index contributed by atoms with van der Waals surface area (Å²) >= 11 is 1.79. The molecule has 0 saturated carbocycles. The molecule has 1 aliphatic rings. The highest BCUT2D eigenvalue weighted by molar-refractivity contribution is 7.11. The maximum atomic E-state index is 4.99. The smallest absolute Gasteiger partial charge is 0.158 e. The van der Waals surface area contributed by atoms with Crippen LogP contribution in [-0.4, -0.2) is 35.4 Å². The van der Waals surface area contributed by atoms with E-state index in [9.17, 15) is 0 Å². The number of hydrogen-bond donors (Lipinski definition) is 0. The number of rotatable bonds is 5. The fraction of sp³-hybridized carbons (Fsp3) is 0.391. The number of nitrogens with zero attached hydrogens (tertiary/aromatic N) is 5. The zero-order chi connectivity index (χ0) is 20.5. The Morgan fingerprint density at radius 2 is 2.17 bits per heavy atom. The summed E-state index contributed by atoms with van der Waals surface area (Å²) in [5, 5.41) is 7.14. The minimum absolute atomic E-state index is 0.971. The minimum atomic E-state index is 0.971. The predicted octanol–water partition coefficient (Wildman–Crippen LogP) is 5.18. The van der Waals surface area contributed by atoms with Crippen molar-refractivity contribution in [2.75, 3.05) is 30.4 Å². The summed E-state index contributed by atoms with van der Waals surface area (Å²) in [5.74, 6) is 2.06. The number of anilines is 3. The highest BCUT2D eigenvalue weighted by atomic mass is 32.1. The van der Waals surface area contributed by atoms with Crippen LogP contribution in [0.15, 0.2) is 35.9 Å². The van der Waals surface area contributed by atoms with Crippen LogP contribution < -0.4 is 9.80 Å². The maximum absolute atomic E-state index is 4.99. The average Bonchev–Trinajstić information content (AvgIpc) is 3.33. The molecule has 0 fully saturated rings. The van der Waals surface area contributed by atoms with E-state index in [1.54, 1.807) is 11.3 Å². The van der Waals surface area contributed by atoms with Gasteiger partial charge in [0.1, 0.15) is 5.82 Å². The van der Waals surface area contributed by atoms with E-state index in [0.717, 1.165) is 43.1 Å². The fourth-order valence-corrected chi connectivity index (χ4v) is 4.87. The van der Waals surface area contributed by atoms with Crippen molar-refractivity contribution in [2.24, 2.45) is 7.05 Å². The van der Waals surface area contributed by atoms with E-state index in [1.165, 1.54) is 27.3 Å². The first-order valence-corrected chi connectivity index (χ1v) is 11.1. The van der Waals surface area contributed by atoms with Gasteiger partial charge in [0.05, 0.1) is 17.6 Å². The van der Waals surface area contributed by atoms with Gasteiger partial charge in [-0.1, -0.05) is 19.1 Å². The summed E-state index contributed by atoms with van der Waals surface area (Å²) in [7, 11) is 6.12. The molecule has 0 aliphatic carbocycles. The molecule has 4 heterocycles. The van der Waals surface area contributed by atoms with Crippen molar-refractivity contribution in [1.29, 1.82) is 0 Å². The second-order valence-electron chi connectivity index (χ2n) is 7.76. The van der Waals surface area contributed by atoms with Crippen LogP contribution in [0.25, 0.3) is 5.57 Å². The van der Waals surface area contributed by atoms with Crippen molar-refractivity contribution >= 4 is 34.2 Å². The van der Waals surface area contributed by atoms with Crippen molar-refractivity contribution in [2.45, 2.75) is 33.1 Å². The standard InChI is InChI=1S/C23H29N5S/c1-6-9-17(20-11-8-13-29-20)22-18-10-7-12-28(23(18)25-27(22)5)19-15-24-21(26(3)4)14-16(19)2/h8-9,11,13-15H,6-7,10,12H2,1-5H3. The molecule has 0 unspecified atom stereocenters. The molecule has 0 saturated heterocycles. The third-order valence-corrected chi connectivity index (χ3v) is 6.36. The number of fused-ring (bicyclic) bond motifs is 1. The van der Waals surface area contributed by atoms with Gasteiger partial charge in [-0.3, -0.25) is 4.68 Å². The van der Waals surface area contributed by atoms with E-state index in [1.807, 2.05) is 25.2 Å². The normalized spacial score (nSPS) is 14.2. The third kappa shape index (κ3) is 3.57. The molecular formula is C23H29N5S. The van der Waals surface area contributed by atoms with Crippen LogP contribution in [0, 0.1) is 6.92 Å². The molecule has 0 spiro atoms. The maximum Gasteiger partial charge on any atom is 0.158 e. The Morgan fingerprint density at radius 3 is 2.83 bits per heavy atom. The molecule has 0 amide bonds. The van der Waals surface area contributed by atoms with Crippen molar-refractivity contribution in [3.8, 4) is 0 Å². The van der Waals surface area contributed by atoms with Gasteiger partial charge >= 0.3 is 0 Å². The second-order valence-corrected chi connectivity index (χ2v) is 8.70. The number of hydrogen-bond acceptors (Lipinski definition) is 5. The molecule has 0 atom stereocenters. The number of allylic oxidation sites excluding steroid dienone is 1. The molecule has 152 valence electrons. The van der Waals surface area contributed by atoms with Crippen molar-refractivity contribution in [1.82, 2.24) is 14.8 Å². The lowest BCUT2D eigenvalue weighted by molar-refractivity contribution is 0.738. The summed E-state index contributed by atoms with van der Waals surface area (Å²) < 4.78 is 2.07. The van der Waals surface area contributed by atoms with E-state index in [4.69, 9.17) is 5.10 Å². The zero-order valence-electron chi connectivity index (χ0n) is 17.9. The van der Waals surface area contributed by atoms with Crippen molar-refractivity contribution < 1.29 is 0 Å². The van der Waals surface area contributed by atoms with Crippen LogP contribution in [-0.2, 0) is 13.5 Å². The molecule has 3 aromatic rings. The van der Waals surface area contributed by atoms with E-state index in [-0.39, 0.29) is 0 Å². The minimum Gasteiger partial charge on any atom is -0.363 e. The highest BCUT2D eigenvalue weighted by Gasteiger charge is 2.28. The third-order valence-electron chi connectivity index (χ3n) is 5.46. The lowest BCUT2D eigenvalue weighted by Crippen LogP contribution is -2.26. The first-order valence-electron chi connectivity index (χ1n) is 10.2. The second kappa shape index (κ2) is 8.03. The van der Waals surface area contributed by atoms with E-state index in [0.29, 0.717) is 0 Å². The molecular weight excluding hydrogens is 378 g/mol. The molecule has 5 nitrogen and oxygen atoms in total. The van der Waals surface area contributed by atoms with Gasteiger partial charge in [-0.2, -0.15) is 5.10 Å². The van der Waals surface area contributed by atoms with Crippen LogP contribution in [0.3, 0.4) is 0 Å². The molecule has 4 rings (SSSR count). The van der Waals surface area contributed by atoms with Gasteiger partial charge in [0.15, 0.2) is 5.82 Å². The van der Waals surface area contributed by atoms with Gasteiger partial charge < -0.3 is 9.80 Å².